The highest BCUT2D eigenvalue weighted by Gasteiger charge is 2.36. The van der Waals surface area contributed by atoms with E-state index in [0.29, 0.717) is 30.3 Å². The molecule has 1 aromatic carbocycles. The van der Waals surface area contributed by atoms with Gasteiger partial charge >= 0.3 is 0 Å². The van der Waals surface area contributed by atoms with Gasteiger partial charge in [0.25, 0.3) is 5.56 Å². The van der Waals surface area contributed by atoms with E-state index in [1.54, 1.807) is 0 Å². The first-order valence-electron chi connectivity index (χ1n) is 13.6. The Morgan fingerprint density at radius 2 is 1.75 bits per heavy atom. The van der Waals surface area contributed by atoms with Gasteiger partial charge in [-0.15, -0.1) is 5.10 Å². The van der Waals surface area contributed by atoms with Crippen molar-refractivity contribution < 1.29 is 9.47 Å². The Hall–Kier alpha value is -2.94. The van der Waals surface area contributed by atoms with Crippen LogP contribution in [0.3, 0.4) is 0 Å². The molecule has 3 heterocycles. The highest BCUT2D eigenvalue weighted by molar-refractivity contribution is 5.83. The Kier molecular flexibility index (Phi) is 6.41. The number of H-pyrrole nitrogens is 1. The van der Waals surface area contributed by atoms with Crippen LogP contribution in [0.1, 0.15) is 95.1 Å². The average Bonchev–Trinajstić information content (AvgIpc) is 3.65. The summed E-state index contributed by atoms with van der Waals surface area (Å²) in [5.74, 6) is 2.64. The second-order valence-corrected chi connectivity index (χ2v) is 11.0. The maximum atomic E-state index is 13.3. The molecule has 2 fully saturated rings. The fraction of sp³-hybridized carbons (Fsp3) is 0.630. The number of ether oxygens (including phenoxy) is 2. The Balaban J connectivity index is 1.38. The van der Waals surface area contributed by atoms with Gasteiger partial charge in [0.1, 0.15) is 0 Å². The van der Waals surface area contributed by atoms with E-state index in [1.807, 2.05) is 18.2 Å². The molecule has 0 bridgehead atoms. The molecule has 192 valence electrons. The van der Waals surface area contributed by atoms with Crippen molar-refractivity contribution in [2.24, 2.45) is 5.92 Å². The minimum Gasteiger partial charge on any atom is -0.454 e. The topological polar surface area (TPSA) is 98.2 Å². The van der Waals surface area contributed by atoms with Crippen LogP contribution in [-0.2, 0) is 6.54 Å². The number of nitrogens with zero attached hydrogens (tertiary/aromatic N) is 5. The number of pyridine rings is 1. The van der Waals surface area contributed by atoms with Crippen LogP contribution in [0.4, 0.5) is 0 Å². The van der Waals surface area contributed by atoms with Gasteiger partial charge in [-0.25, -0.2) is 4.68 Å². The van der Waals surface area contributed by atoms with Crippen molar-refractivity contribution >= 4 is 10.9 Å². The van der Waals surface area contributed by atoms with Crippen molar-refractivity contribution in [2.45, 2.75) is 96.3 Å². The molecule has 1 atom stereocenters. The average molecular weight is 493 g/mol. The quantitative estimate of drug-likeness (QED) is 0.501. The highest BCUT2D eigenvalue weighted by Crippen LogP contribution is 2.39. The summed E-state index contributed by atoms with van der Waals surface area (Å²) >= 11 is 0. The molecule has 1 aliphatic heterocycles. The number of tetrazole rings is 1. The first kappa shape index (κ1) is 23.5. The number of nitrogens with one attached hydrogen (secondary N) is 1. The Morgan fingerprint density at radius 1 is 1.03 bits per heavy atom. The smallest absolute Gasteiger partial charge is 0.252 e. The lowest BCUT2D eigenvalue weighted by Crippen LogP contribution is -2.41. The van der Waals surface area contributed by atoms with E-state index in [0.717, 1.165) is 53.7 Å². The fourth-order valence-electron chi connectivity index (χ4n) is 6.46. The minimum absolute atomic E-state index is 0.0388. The Labute approximate surface area is 211 Å². The number of hydrogen-bond donors (Lipinski definition) is 1. The summed E-state index contributed by atoms with van der Waals surface area (Å²) in [5.41, 5.74) is 1.47. The lowest BCUT2D eigenvalue weighted by molar-refractivity contribution is 0.0815. The van der Waals surface area contributed by atoms with Crippen LogP contribution in [-0.4, -0.2) is 42.9 Å². The zero-order chi connectivity index (χ0) is 24.6. The summed E-state index contributed by atoms with van der Waals surface area (Å²) in [6, 6.07) is 6.63. The van der Waals surface area contributed by atoms with Crippen LogP contribution >= 0.6 is 0 Å². The normalized spacial score (nSPS) is 19.7. The number of aromatic nitrogens is 5. The van der Waals surface area contributed by atoms with Gasteiger partial charge in [0, 0.05) is 29.6 Å². The van der Waals surface area contributed by atoms with E-state index < -0.39 is 0 Å². The highest BCUT2D eigenvalue weighted by atomic mass is 16.7. The predicted octanol–water partition coefficient (Wildman–Crippen LogP) is 4.89. The Bertz CT molecular complexity index is 1270. The van der Waals surface area contributed by atoms with E-state index in [9.17, 15) is 4.79 Å². The van der Waals surface area contributed by atoms with Crippen LogP contribution in [0.25, 0.3) is 10.9 Å². The monoisotopic (exact) mass is 492 g/mol. The largest absolute Gasteiger partial charge is 0.454 e. The molecule has 2 aromatic heterocycles. The van der Waals surface area contributed by atoms with Gasteiger partial charge in [-0.05, 0) is 54.2 Å². The maximum Gasteiger partial charge on any atom is 0.252 e. The lowest BCUT2D eigenvalue weighted by atomic mass is 9.94. The zero-order valence-corrected chi connectivity index (χ0v) is 21.3. The molecule has 6 rings (SSSR count). The summed E-state index contributed by atoms with van der Waals surface area (Å²) in [5, 5.41) is 14.2. The van der Waals surface area contributed by atoms with Gasteiger partial charge in [-0.1, -0.05) is 46.0 Å². The van der Waals surface area contributed by atoms with Crippen LogP contribution in [0.15, 0.2) is 23.0 Å². The lowest BCUT2D eigenvalue weighted by Gasteiger charge is -2.38. The number of benzene rings is 1. The third kappa shape index (κ3) is 4.38. The molecule has 3 aliphatic rings. The summed E-state index contributed by atoms with van der Waals surface area (Å²) < 4.78 is 13.2. The number of hydrogen-bond acceptors (Lipinski definition) is 7. The minimum atomic E-state index is -0.0567. The van der Waals surface area contributed by atoms with Crippen LogP contribution in [0.5, 0.6) is 11.5 Å². The van der Waals surface area contributed by atoms with Gasteiger partial charge < -0.3 is 14.5 Å². The van der Waals surface area contributed by atoms with Gasteiger partial charge in [0.2, 0.25) is 6.79 Å². The third-order valence-corrected chi connectivity index (χ3v) is 8.25. The van der Waals surface area contributed by atoms with E-state index in [-0.39, 0.29) is 18.4 Å². The van der Waals surface area contributed by atoms with Gasteiger partial charge in [0.05, 0.1) is 17.6 Å². The molecule has 36 heavy (non-hydrogen) atoms. The molecular weight excluding hydrogens is 456 g/mol. The molecule has 9 heteroatoms. The van der Waals surface area contributed by atoms with E-state index in [2.05, 4.69) is 43.9 Å². The molecule has 0 spiro atoms. The predicted molar refractivity (Wildman–Crippen MR) is 136 cm³/mol. The molecule has 0 amide bonds. The molecule has 0 radical (unpaired) electrons. The number of fused-ring (bicyclic) bond motifs is 2. The van der Waals surface area contributed by atoms with Crippen LogP contribution < -0.4 is 15.0 Å². The van der Waals surface area contributed by atoms with E-state index in [4.69, 9.17) is 9.47 Å². The molecule has 2 saturated carbocycles. The van der Waals surface area contributed by atoms with E-state index >= 15 is 0 Å². The van der Waals surface area contributed by atoms with Gasteiger partial charge in [-0.3, -0.25) is 9.69 Å². The first-order chi connectivity index (χ1) is 17.6. The summed E-state index contributed by atoms with van der Waals surface area (Å²) in [4.78, 5) is 18.9. The van der Waals surface area contributed by atoms with Crippen molar-refractivity contribution in [3.8, 4) is 11.5 Å². The number of aromatic amines is 1. The SMILES string of the molecule is CC(C)[C@H](c1nnnn1C1CCCCC1)N(Cc1cc2cc3c(cc2[nH]c1=O)OCO3)C1CCCC1. The third-order valence-electron chi connectivity index (χ3n) is 8.25. The maximum absolute atomic E-state index is 13.3. The second kappa shape index (κ2) is 9.84. The van der Waals surface area contributed by atoms with Crippen molar-refractivity contribution in [3.05, 3.63) is 39.9 Å². The molecule has 3 aromatic rings. The number of rotatable bonds is 7. The fourth-order valence-corrected chi connectivity index (χ4v) is 6.46. The standard InChI is InChI=1S/C27H36N6O3/c1-17(2)25(26-29-30-31-33(26)21-10-4-3-5-11-21)32(20-8-6-7-9-20)15-19-12-18-13-23-24(36-16-35-23)14-22(18)28-27(19)34/h12-14,17,20-21,25H,3-11,15-16H2,1-2H3,(H,28,34)/t25-/m1/s1. The van der Waals surface area contributed by atoms with Crippen LogP contribution in [0, 0.1) is 5.92 Å². The molecule has 0 unspecified atom stereocenters. The van der Waals surface area contributed by atoms with Crippen molar-refractivity contribution in [3.63, 3.8) is 0 Å². The molecule has 1 N–H and O–H groups in total. The van der Waals surface area contributed by atoms with Crippen molar-refractivity contribution in [1.82, 2.24) is 30.1 Å². The molecule has 9 nitrogen and oxygen atoms in total. The summed E-state index contributed by atoms with van der Waals surface area (Å²) in [6.45, 7) is 5.27. The van der Waals surface area contributed by atoms with Crippen LogP contribution in [0.2, 0.25) is 0 Å². The molecular formula is C27H36N6O3. The van der Waals surface area contributed by atoms with E-state index in [1.165, 1.54) is 32.1 Å². The Morgan fingerprint density at radius 3 is 2.50 bits per heavy atom. The summed E-state index contributed by atoms with van der Waals surface area (Å²) in [6.07, 6.45) is 10.7. The second-order valence-electron chi connectivity index (χ2n) is 11.0. The molecule has 0 saturated heterocycles. The van der Waals surface area contributed by atoms with Crippen molar-refractivity contribution in [1.29, 1.82) is 0 Å². The first-order valence-corrected chi connectivity index (χ1v) is 13.6. The van der Waals surface area contributed by atoms with Gasteiger partial charge in [0.15, 0.2) is 17.3 Å². The zero-order valence-electron chi connectivity index (χ0n) is 21.3. The van der Waals surface area contributed by atoms with Crippen molar-refractivity contribution in [2.75, 3.05) is 6.79 Å². The molecule has 2 aliphatic carbocycles. The summed E-state index contributed by atoms with van der Waals surface area (Å²) in [7, 11) is 0. The van der Waals surface area contributed by atoms with Gasteiger partial charge in [-0.2, -0.15) is 0 Å².